The highest BCUT2D eigenvalue weighted by Gasteiger charge is 2.19. The summed E-state index contributed by atoms with van der Waals surface area (Å²) in [4.78, 5) is 4.61. The van der Waals surface area contributed by atoms with E-state index in [2.05, 4.69) is 41.9 Å². The van der Waals surface area contributed by atoms with Crippen molar-refractivity contribution in [1.29, 1.82) is 0 Å². The Kier molecular flexibility index (Phi) is 4.29. The topological polar surface area (TPSA) is 48.7 Å². The van der Waals surface area contributed by atoms with Gasteiger partial charge in [0.2, 0.25) is 0 Å². The fraction of sp³-hybridized carbons (Fsp3) is 0.143. The highest BCUT2D eigenvalue weighted by molar-refractivity contribution is 9.11. The number of rotatable bonds is 3. The SMILES string of the molecule is COc1ccc(Br)c(OC)c1-c1cc(Cl)n2ncc(Br)c2n1. The largest absolute Gasteiger partial charge is 0.496 e. The van der Waals surface area contributed by atoms with Crippen molar-refractivity contribution in [2.24, 2.45) is 0 Å². The summed E-state index contributed by atoms with van der Waals surface area (Å²) in [5.41, 5.74) is 1.97. The summed E-state index contributed by atoms with van der Waals surface area (Å²) in [6, 6.07) is 5.42. The first kappa shape index (κ1) is 15.6. The average Bonchev–Trinajstić information content (AvgIpc) is 2.89. The lowest BCUT2D eigenvalue weighted by molar-refractivity contribution is 0.395. The first-order chi connectivity index (χ1) is 10.6. The zero-order chi connectivity index (χ0) is 15.9. The molecule has 114 valence electrons. The van der Waals surface area contributed by atoms with Crippen molar-refractivity contribution < 1.29 is 9.47 Å². The zero-order valence-electron chi connectivity index (χ0n) is 11.6. The Morgan fingerprint density at radius 2 is 1.91 bits per heavy atom. The van der Waals surface area contributed by atoms with Crippen LogP contribution in [0.15, 0.2) is 33.3 Å². The lowest BCUT2D eigenvalue weighted by atomic mass is 10.1. The molecular formula is C14H10Br2ClN3O2. The van der Waals surface area contributed by atoms with Gasteiger partial charge in [0.25, 0.3) is 0 Å². The predicted octanol–water partition coefficient (Wildman–Crippen LogP) is 4.59. The predicted molar refractivity (Wildman–Crippen MR) is 91.9 cm³/mol. The van der Waals surface area contributed by atoms with Crippen LogP contribution in [-0.2, 0) is 0 Å². The molecule has 2 aromatic heterocycles. The van der Waals surface area contributed by atoms with Crippen LogP contribution in [0.5, 0.6) is 11.5 Å². The van der Waals surface area contributed by atoms with Crippen molar-refractivity contribution in [3.05, 3.63) is 38.5 Å². The van der Waals surface area contributed by atoms with Gasteiger partial charge in [0.1, 0.15) is 16.7 Å². The number of ether oxygens (including phenoxy) is 2. The second-order valence-corrected chi connectivity index (χ2v) is 6.45. The summed E-state index contributed by atoms with van der Waals surface area (Å²) in [6.45, 7) is 0. The summed E-state index contributed by atoms with van der Waals surface area (Å²) in [5.74, 6) is 1.27. The molecule has 5 nitrogen and oxygen atoms in total. The molecule has 0 aliphatic carbocycles. The van der Waals surface area contributed by atoms with Crippen LogP contribution in [0.1, 0.15) is 0 Å². The van der Waals surface area contributed by atoms with E-state index in [4.69, 9.17) is 21.1 Å². The van der Waals surface area contributed by atoms with Crippen LogP contribution in [0.4, 0.5) is 0 Å². The van der Waals surface area contributed by atoms with Crippen LogP contribution in [0, 0.1) is 0 Å². The molecule has 0 saturated carbocycles. The Morgan fingerprint density at radius 1 is 1.14 bits per heavy atom. The highest BCUT2D eigenvalue weighted by atomic mass is 79.9. The van der Waals surface area contributed by atoms with Gasteiger partial charge >= 0.3 is 0 Å². The number of hydrogen-bond donors (Lipinski definition) is 0. The minimum absolute atomic E-state index is 0.440. The maximum Gasteiger partial charge on any atom is 0.171 e. The van der Waals surface area contributed by atoms with Crippen LogP contribution in [-0.4, -0.2) is 28.8 Å². The number of halogens is 3. The number of nitrogens with zero attached hydrogens (tertiary/aromatic N) is 3. The van der Waals surface area contributed by atoms with E-state index >= 15 is 0 Å². The van der Waals surface area contributed by atoms with Crippen LogP contribution >= 0.6 is 43.5 Å². The number of hydrogen-bond acceptors (Lipinski definition) is 4. The van der Waals surface area contributed by atoms with Crippen molar-refractivity contribution >= 4 is 49.1 Å². The Labute approximate surface area is 148 Å². The molecular weight excluding hydrogens is 437 g/mol. The van der Waals surface area contributed by atoms with Gasteiger partial charge in [-0.15, -0.1) is 0 Å². The number of methoxy groups -OCH3 is 2. The Balaban J connectivity index is 2.36. The lowest BCUT2D eigenvalue weighted by Crippen LogP contribution is -1.99. The third-order valence-corrected chi connectivity index (χ3v) is 4.59. The van der Waals surface area contributed by atoms with Crippen LogP contribution in [0.25, 0.3) is 16.9 Å². The van der Waals surface area contributed by atoms with Gasteiger partial charge in [0.15, 0.2) is 5.65 Å². The first-order valence-electron chi connectivity index (χ1n) is 6.17. The van der Waals surface area contributed by atoms with Crippen molar-refractivity contribution in [2.45, 2.75) is 0 Å². The molecule has 8 heteroatoms. The third-order valence-electron chi connectivity index (χ3n) is 3.14. The Bertz CT molecular complexity index is 867. The fourth-order valence-electron chi connectivity index (χ4n) is 2.18. The lowest BCUT2D eigenvalue weighted by Gasteiger charge is -2.14. The standard InChI is InChI=1S/C14H10Br2ClN3O2/c1-21-10-4-3-7(15)13(22-2)12(10)9-5-11(17)20-14(19-9)8(16)6-18-20/h3-6H,1-2H3. The van der Waals surface area contributed by atoms with E-state index in [-0.39, 0.29) is 0 Å². The molecule has 0 fully saturated rings. The van der Waals surface area contributed by atoms with Gasteiger partial charge in [-0.25, -0.2) is 9.50 Å². The van der Waals surface area contributed by atoms with Gasteiger partial charge in [0.05, 0.1) is 40.6 Å². The number of fused-ring (bicyclic) bond motifs is 1. The van der Waals surface area contributed by atoms with Gasteiger partial charge in [-0.05, 0) is 44.0 Å². The van der Waals surface area contributed by atoms with E-state index in [1.807, 2.05) is 12.1 Å². The van der Waals surface area contributed by atoms with Crippen LogP contribution in [0.2, 0.25) is 5.15 Å². The molecule has 0 amide bonds. The van der Waals surface area contributed by atoms with Crippen molar-refractivity contribution in [1.82, 2.24) is 14.6 Å². The molecule has 3 aromatic rings. The zero-order valence-corrected chi connectivity index (χ0v) is 15.5. The summed E-state index contributed by atoms with van der Waals surface area (Å²) in [6.07, 6.45) is 1.65. The van der Waals surface area contributed by atoms with E-state index < -0.39 is 0 Å². The molecule has 0 N–H and O–H groups in total. The molecule has 3 rings (SSSR count). The second-order valence-electron chi connectivity index (χ2n) is 4.35. The molecule has 0 saturated heterocycles. The average molecular weight is 448 g/mol. The minimum atomic E-state index is 0.440. The summed E-state index contributed by atoms with van der Waals surface area (Å²) >= 11 is 13.2. The summed E-state index contributed by atoms with van der Waals surface area (Å²) in [5, 5.41) is 4.60. The molecule has 0 atom stereocenters. The Morgan fingerprint density at radius 3 is 2.59 bits per heavy atom. The van der Waals surface area contributed by atoms with Gasteiger partial charge < -0.3 is 9.47 Å². The molecule has 0 unspecified atom stereocenters. The molecule has 22 heavy (non-hydrogen) atoms. The van der Waals surface area contributed by atoms with Gasteiger partial charge in [0, 0.05) is 6.07 Å². The Hall–Kier alpha value is -1.31. The minimum Gasteiger partial charge on any atom is -0.496 e. The molecule has 0 spiro atoms. The van der Waals surface area contributed by atoms with E-state index in [9.17, 15) is 0 Å². The van der Waals surface area contributed by atoms with Crippen LogP contribution in [0.3, 0.4) is 0 Å². The molecule has 1 aromatic carbocycles. The quantitative estimate of drug-likeness (QED) is 0.551. The van der Waals surface area contributed by atoms with Gasteiger partial charge in [-0.1, -0.05) is 11.6 Å². The van der Waals surface area contributed by atoms with Crippen LogP contribution < -0.4 is 9.47 Å². The van der Waals surface area contributed by atoms with E-state index in [0.29, 0.717) is 28.0 Å². The van der Waals surface area contributed by atoms with E-state index in [1.165, 1.54) is 0 Å². The highest BCUT2D eigenvalue weighted by Crippen LogP contribution is 2.43. The van der Waals surface area contributed by atoms with Gasteiger partial charge in [-0.2, -0.15) is 5.10 Å². The monoisotopic (exact) mass is 445 g/mol. The van der Waals surface area contributed by atoms with Crippen molar-refractivity contribution in [3.8, 4) is 22.8 Å². The first-order valence-corrected chi connectivity index (χ1v) is 8.13. The summed E-state index contributed by atoms with van der Waals surface area (Å²) < 4.78 is 14.0. The molecule has 0 aliphatic heterocycles. The second kappa shape index (κ2) is 6.06. The fourth-order valence-corrected chi connectivity index (χ4v) is 3.25. The van der Waals surface area contributed by atoms with E-state index in [1.54, 1.807) is 31.0 Å². The van der Waals surface area contributed by atoms with Crippen molar-refractivity contribution in [2.75, 3.05) is 14.2 Å². The maximum atomic E-state index is 6.30. The third kappa shape index (κ3) is 2.47. The summed E-state index contributed by atoms with van der Waals surface area (Å²) in [7, 11) is 3.19. The van der Waals surface area contributed by atoms with Gasteiger partial charge in [-0.3, -0.25) is 0 Å². The number of benzene rings is 1. The molecule has 0 aliphatic rings. The molecule has 0 bridgehead atoms. The normalized spacial score (nSPS) is 11.0. The number of aromatic nitrogens is 3. The van der Waals surface area contributed by atoms with E-state index in [0.717, 1.165) is 14.5 Å². The molecule has 2 heterocycles. The molecule has 0 radical (unpaired) electrons. The van der Waals surface area contributed by atoms with Crippen molar-refractivity contribution in [3.63, 3.8) is 0 Å². The maximum absolute atomic E-state index is 6.30. The smallest absolute Gasteiger partial charge is 0.171 e.